The van der Waals surface area contributed by atoms with Gasteiger partial charge in [-0.3, -0.25) is 4.79 Å². The maximum atomic E-state index is 12.4. The van der Waals surface area contributed by atoms with E-state index in [1.54, 1.807) is 26.0 Å². The average molecular weight is 474 g/mol. The lowest BCUT2D eigenvalue weighted by Crippen LogP contribution is -2.29. The van der Waals surface area contributed by atoms with Crippen LogP contribution in [0.2, 0.25) is 0 Å². The highest BCUT2D eigenvalue weighted by Gasteiger charge is 2.17. The molecule has 1 amide bonds. The summed E-state index contributed by atoms with van der Waals surface area (Å²) < 4.78 is 10.6. The number of thioether (sulfide) groups is 1. The van der Waals surface area contributed by atoms with Crippen LogP contribution in [-0.4, -0.2) is 41.9 Å². The first-order valence-electron chi connectivity index (χ1n) is 11.0. The van der Waals surface area contributed by atoms with Crippen molar-refractivity contribution in [3.05, 3.63) is 84.4 Å². The number of carbonyl (C=O) groups excluding carboxylic acids is 1. The number of aromatic nitrogens is 2. The highest BCUT2D eigenvalue weighted by molar-refractivity contribution is 7.99. The van der Waals surface area contributed by atoms with Crippen molar-refractivity contribution in [3.63, 3.8) is 0 Å². The molecule has 1 unspecified atom stereocenters. The maximum absolute atomic E-state index is 12.4. The zero-order valence-electron chi connectivity index (χ0n) is 19.4. The van der Waals surface area contributed by atoms with Crippen LogP contribution in [-0.2, 0) is 0 Å². The highest BCUT2D eigenvalue weighted by Crippen LogP contribution is 2.35. The van der Waals surface area contributed by atoms with Gasteiger partial charge in [-0.2, -0.15) is 0 Å². The summed E-state index contributed by atoms with van der Waals surface area (Å²) in [5, 5.41) is 3.91. The van der Waals surface area contributed by atoms with Crippen LogP contribution < -0.4 is 14.8 Å². The van der Waals surface area contributed by atoms with Crippen molar-refractivity contribution in [2.45, 2.75) is 17.3 Å². The van der Waals surface area contributed by atoms with Gasteiger partial charge in [0.25, 0.3) is 5.91 Å². The second-order valence-corrected chi connectivity index (χ2v) is 9.15. The monoisotopic (exact) mass is 473 g/mol. The summed E-state index contributed by atoms with van der Waals surface area (Å²) in [6, 6.07) is 25.0. The van der Waals surface area contributed by atoms with Gasteiger partial charge in [0.1, 0.15) is 11.5 Å². The van der Waals surface area contributed by atoms with E-state index in [1.165, 1.54) is 0 Å². The number of ether oxygens (including phenoxy) is 2. The fourth-order valence-electron chi connectivity index (χ4n) is 3.49. The number of amides is 1. The second-order valence-electron chi connectivity index (χ2n) is 7.73. The van der Waals surface area contributed by atoms with Crippen LogP contribution in [0.4, 0.5) is 0 Å². The van der Waals surface area contributed by atoms with Crippen molar-refractivity contribution in [3.8, 4) is 34.0 Å². The summed E-state index contributed by atoms with van der Waals surface area (Å²) >= 11 is 1.59. The molecule has 0 aliphatic heterocycles. The van der Waals surface area contributed by atoms with E-state index in [9.17, 15) is 4.79 Å². The van der Waals surface area contributed by atoms with Crippen LogP contribution in [0.3, 0.4) is 0 Å². The Bertz CT molecular complexity index is 1160. The molecule has 0 fully saturated rings. The molecule has 4 rings (SSSR count). The van der Waals surface area contributed by atoms with Gasteiger partial charge in [-0.1, -0.05) is 36.9 Å². The molecule has 6 nitrogen and oxygen atoms in total. The fraction of sp³-hybridized carbons (Fsp3) is 0.185. The quantitative estimate of drug-likeness (QED) is 0.306. The zero-order chi connectivity index (χ0) is 23.9. The average Bonchev–Trinajstić information content (AvgIpc) is 3.31. The number of nitrogens with zero attached hydrogens (tertiary/aromatic N) is 1. The van der Waals surface area contributed by atoms with E-state index >= 15 is 0 Å². The zero-order valence-corrected chi connectivity index (χ0v) is 20.2. The molecule has 174 valence electrons. The molecule has 1 aromatic heterocycles. The van der Waals surface area contributed by atoms with Crippen LogP contribution in [0.5, 0.6) is 11.5 Å². The predicted molar refractivity (Wildman–Crippen MR) is 137 cm³/mol. The first-order valence-corrected chi connectivity index (χ1v) is 11.8. The standard InChI is InChI=1S/C27H27N3O3S/c1-18(17-28-26(31)21-7-5-4-6-8-21)34-27-29-24(19-9-13-22(32-2)14-10-19)25(30-27)20-11-15-23(33-3)16-12-20/h4-16,18H,17H2,1-3H3,(H,28,31)(H,29,30). The van der Waals surface area contributed by atoms with Gasteiger partial charge in [-0.15, -0.1) is 0 Å². The molecular formula is C27H27N3O3S. The fourth-order valence-corrected chi connectivity index (χ4v) is 4.34. The van der Waals surface area contributed by atoms with Crippen LogP contribution in [0, 0.1) is 0 Å². The molecule has 1 atom stereocenters. The number of H-pyrrole nitrogens is 1. The Labute approximate surface area is 203 Å². The van der Waals surface area contributed by atoms with Gasteiger partial charge in [0.05, 0.1) is 25.6 Å². The molecule has 0 aliphatic rings. The Kier molecular flexibility index (Phi) is 7.54. The second kappa shape index (κ2) is 10.9. The van der Waals surface area contributed by atoms with Gasteiger partial charge in [-0.05, 0) is 60.7 Å². The molecule has 4 aromatic rings. The molecule has 34 heavy (non-hydrogen) atoms. The van der Waals surface area contributed by atoms with Gasteiger partial charge in [0.2, 0.25) is 0 Å². The third-order valence-electron chi connectivity index (χ3n) is 5.32. The number of benzene rings is 3. The summed E-state index contributed by atoms with van der Waals surface area (Å²) in [7, 11) is 3.31. The third-order valence-corrected chi connectivity index (χ3v) is 6.31. The predicted octanol–water partition coefficient (Wildman–Crippen LogP) is 5.67. The Morgan fingerprint density at radius 3 is 2.09 bits per heavy atom. The van der Waals surface area contributed by atoms with E-state index in [-0.39, 0.29) is 11.2 Å². The molecule has 3 aromatic carbocycles. The number of methoxy groups -OCH3 is 2. The lowest BCUT2D eigenvalue weighted by atomic mass is 10.0. The van der Waals surface area contributed by atoms with Crippen molar-refractivity contribution >= 4 is 17.7 Å². The summed E-state index contributed by atoms with van der Waals surface area (Å²) in [5.74, 6) is 1.51. The van der Waals surface area contributed by atoms with Gasteiger partial charge in [0.15, 0.2) is 5.16 Å². The Morgan fingerprint density at radius 1 is 0.912 bits per heavy atom. The van der Waals surface area contributed by atoms with Crippen LogP contribution in [0.1, 0.15) is 17.3 Å². The van der Waals surface area contributed by atoms with Crippen LogP contribution >= 0.6 is 11.8 Å². The molecule has 7 heteroatoms. The van der Waals surface area contributed by atoms with E-state index in [2.05, 4.69) is 17.2 Å². The van der Waals surface area contributed by atoms with Gasteiger partial charge >= 0.3 is 0 Å². The number of carbonyl (C=O) groups is 1. The minimum Gasteiger partial charge on any atom is -0.497 e. The van der Waals surface area contributed by atoms with E-state index in [4.69, 9.17) is 14.5 Å². The Morgan fingerprint density at radius 2 is 1.50 bits per heavy atom. The third kappa shape index (κ3) is 5.61. The first kappa shape index (κ1) is 23.4. The SMILES string of the molecule is COc1ccc(-c2nc(SC(C)CNC(=O)c3ccccc3)[nH]c2-c2ccc(OC)cc2)cc1. The molecule has 1 heterocycles. The van der Waals surface area contributed by atoms with Crippen molar-refractivity contribution < 1.29 is 14.3 Å². The van der Waals surface area contributed by atoms with Gasteiger partial charge in [-0.25, -0.2) is 4.98 Å². The number of hydrogen-bond acceptors (Lipinski definition) is 5. The molecule has 0 saturated heterocycles. The minimum absolute atomic E-state index is 0.0784. The van der Waals surface area contributed by atoms with Gasteiger partial charge < -0.3 is 19.8 Å². The van der Waals surface area contributed by atoms with E-state index in [0.717, 1.165) is 39.2 Å². The normalized spacial score (nSPS) is 11.6. The van der Waals surface area contributed by atoms with Gasteiger partial charge in [0, 0.05) is 28.5 Å². The van der Waals surface area contributed by atoms with Crippen molar-refractivity contribution in [1.82, 2.24) is 15.3 Å². The number of hydrogen-bond donors (Lipinski definition) is 2. The smallest absolute Gasteiger partial charge is 0.251 e. The number of rotatable bonds is 9. The van der Waals surface area contributed by atoms with Crippen molar-refractivity contribution in [2.24, 2.45) is 0 Å². The first-order chi connectivity index (χ1) is 16.6. The van der Waals surface area contributed by atoms with Crippen LogP contribution in [0.15, 0.2) is 84.0 Å². The molecule has 0 aliphatic carbocycles. The van der Waals surface area contributed by atoms with Crippen molar-refractivity contribution in [1.29, 1.82) is 0 Å². The van der Waals surface area contributed by atoms with Crippen molar-refractivity contribution in [2.75, 3.05) is 20.8 Å². The minimum atomic E-state index is -0.0784. The van der Waals surface area contributed by atoms with Crippen LogP contribution in [0.25, 0.3) is 22.5 Å². The molecular weight excluding hydrogens is 446 g/mol. The highest BCUT2D eigenvalue weighted by atomic mass is 32.2. The lowest BCUT2D eigenvalue weighted by molar-refractivity contribution is 0.0954. The maximum Gasteiger partial charge on any atom is 0.251 e. The lowest BCUT2D eigenvalue weighted by Gasteiger charge is -2.11. The Hall–Kier alpha value is -3.71. The van der Waals surface area contributed by atoms with E-state index in [1.807, 2.05) is 78.9 Å². The number of nitrogens with one attached hydrogen (secondary N) is 2. The largest absolute Gasteiger partial charge is 0.497 e. The molecule has 0 bridgehead atoms. The summed E-state index contributed by atoms with van der Waals surface area (Å²) in [5.41, 5.74) is 4.43. The Balaban J connectivity index is 1.54. The molecule has 2 N–H and O–H groups in total. The molecule has 0 radical (unpaired) electrons. The molecule has 0 spiro atoms. The molecule has 0 saturated carbocycles. The van der Waals surface area contributed by atoms with E-state index in [0.29, 0.717) is 12.1 Å². The number of imidazole rings is 1. The summed E-state index contributed by atoms with van der Waals surface area (Å²) in [6.45, 7) is 2.59. The number of aromatic amines is 1. The summed E-state index contributed by atoms with van der Waals surface area (Å²) in [4.78, 5) is 20.8. The van der Waals surface area contributed by atoms with E-state index < -0.39 is 0 Å². The topological polar surface area (TPSA) is 76.2 Å². The summed E-state index contributed by atoms with van der Waals surface area (Å²) in [6.07, 6.45) is 0.